The normalized spacial score (nSPS) is 28.6. The van der Waals surface area contributed by atoms with Crippen molar-refractivity contribution in [3.8, 4) is 70.9 Å². The molecule has 1 saturated carbocycles. The summed E-state index contributed by atoms with van der Waals surface area (Å²) in [7, 11) is -5.30. The molecule has 4 unspecified atom stereocenters. The van der Waals surface area contributed by atoms with E-state index >= 15 is 0 Å². The summed E-state index contributed by atoms with van der Waals surface area (Å²) in [6.45, 7) is 0. The molecule has 0 aromatic rings. The fourth-order valence-corrected chi connectivity index (χ4v) is 3.68. The molecular weight excluding hydrogens is 404 g/mol. The second kappa shape index (κ2) is 10.5. The van der Waals surface area contributed by atoms with Crippen LogP contribution in [0.15, 0.2) is 0 Å². The third-order valence-electron chi connectivity index (χ3n) is 3.03. The summed E-state index contributed by atoms with van der Waals surface area (Å²) in [5, 5.41) is -2.60. The van der Waals surface area contributed by atoms with E-state index in [1.165, 1.54) is 0 Å². The Morgan fingerprint density at radius 1 is 0.741 bits per heavy atom. The smallest absolute Gasteiger partial charge is 0.273 e. The fraction of sp³-hybridized carbons (Fsp3) is 0.333. The number of halogens is 4. The predicted octanol–water partition coefficient (Wildman–Crippen LogP) is 1.32. The van der Waals surface area contributed by atoms with Crippen molar-refractivity contribution in [2.45, 2.75) is 35.2 Å². The van der Waals surface area contributed by atoms with Crippen LogP contribution in [0.1, 0.15) is 0 Å². The predicted molar refractivity (Wildman–Crippen MR) is 94.0 cm³/mol. The van der Waals surface area contributed by atoms with Gasteiger partial charge < -0.3 is 0 Å². The van der Waals surface area contributed by atoms with Gasteiger partial charge in [0.15, 0.2) is 17.6 Å². The van der Waals surface area contributed by atoms with Gasteiger partial charge in [-0.05, 0) is 64.5 Å². The van der Waals surface area contributed by atoms with Gasteiger partial charge in [-0.25, -0.2) is 17.6 Å². The Balaban J connectivity index is 2.76. The first-order valence-electron chi connectivity index (χ1n) is 6.85. The summed E-state index contributed by atoms with van der Waals surface area (Å²) in [6.07, 6.45) is -6.39. The first-order chi connectivity index (χ1) is 12.7. The molecule has 3 nitrogen and oxygen atoms in total. The van der Waals surface area contributed by atoms with Crippen LogP contribution in [-0.2, 0) is 10.1 Å². The monoisotopic (exact) mass is 412 g/mol. The van der Waals surface area contributed by atoms with Crippen LogP contribution in [0.4, 0.5) is 17.6 Å². The third-order valence-corrected chi connectivity index (χ3v) is 5.25. The van der Waals surface area contributed by atoms with Crippen LogP contribution in [0.2, 0.25) is 0 Å². The molecule has 0 radical (unpaired) electrons. The van der Waals surface area contributed by atoms with Crippen molar-refractivity contribution in [1.29, 1.82) is 0 Å². The minimum absolute atomic E-state index is 0.228. The maximum absolute atomic E-state index is 13.9. The lowest BCUT2D eigenvalue weighted by Crippen LogP contribution is -2.59. The number of alkyl halides is 4. The Labute approximate surface area is 158 Å². The van der Waals surface area contributed by atoms with Crippen molar-refractivity contribution in [2.24, 2.45) is 0 Å². The van der Waals surface area contributed by atoms with Crippen molar-refractivity contribution in [2.75, 3.05) is 0 Å². The molecule has 1 fully saturated rings. The van der Waals surface area contributed by atoms with Crippen molar-refractivity contribution in [1.82, 2.24) is 0 Å². The molecule has 1 N–H and O–H groups in total. The fourth-order valence-electron chi connectivity index (χ4n) is 1.91. The highest BCUT2D eigenvalue weighted by Crippen LogP contribution is 2.38. The van der Waals surface area contributed by atoms with Crippen molar-refractivity contribution in [3.05, 3.63) is 0 Å². The van der Waals surface area contributed by atoms with E-state index in [9.17, 15) is 26.0 Å². The van der Waals surface area contributed by atoms with Gasteiger partial charge in [0.25, 0.3) is 10.1 Å². The van der Waals surface area contributed by atoms with Crippen LogP contribution in [0.5, 0.6) is 0 Å². The van der Waals surface area contributed by atoms with Crippen LogP contribution in [0.25, 0.3) is 0 Å². The first-order valence-corrected chi connectivity index (χ1v) is 9.24. The van der Waals surface area contributed by atoms with E-state index in [1.54, 1.807) is 0 Å². The molecule has 9 heteroatoms. The highest BCUT2D eigenvalue weighted by molar-refractivity contribution is 8.04. The molecule has 0 aromatic heterocycles. The lowest BCUT2D eigenvalue weighted by atomic mass is 9.92. The standard InChI is InChI=1S/C18H8F4O3S2/c1-2-3-4-5-6-7-8-9-10-11-12-26-17-13(19)15(21)18(27(23,24)25)16(22)14(17)20/h1,13-18H,(H,23,24,25). The van der Waals surface area contributed by atoms with E-state index < -0.39 is 45.3 Å². The van der Waals surface area contributed by atoms with E-state index in [0.29, 0.717) is 0 Å². The number of hydrogen-bond donors (Lipinski definition) is 1. The Bertz CT molecular complexity index is 1010. The zero-order chi connectivity index (χ0) is 20.4. The molecule has 0 spiro atoms. The van der Waals surface area contributed by atoms with Crippen LogP contribution in [0.3, 0.4) is 0 Å². The topological polar surface area (TPSA) is 54.4 Å². The molecule has 0 bridgehead atoms. The number of thioether (sulfide) groups is 1. The molecular formula is C18H8F4O3S2. The maximum atomic E-state index is 13.9. The van der Waals surface area contributed by atoms with Gasteiger partial charge >= 0.3 is 0 Å². The molecule has 1 aliphatic rings. The zero-order valence-electron chi connectivity index (χ0n) is 13.1. The van der Waals surface area contributed by atoms with E-state index in [1.807, 2.05) is 5.92 Å². The van der Waals surface area contributed by atoms with E-state index in [-0.39, 0.29) is 11.8 Å². The maximum Gasteiger partial charge on any atom is 0.273 e. The molecule has 138 valence electrons. The molecule has 4 atom stereocenters. The number of rotatable bonds is 2. The second-order valence-electron chi connectivity index (χ2n) is 4.71. The lowest BCUT2D eigenvalue weighted by molar-refractivity contribution is 0.0228. The second-order valence-corrected chi connectivity index (χ2v) is 7.27. The third kappa shape index (κ3) is 6.53. The molecule has 0 aromatic carbocycles. The van der Waals surface area contributed by atoms with Gasteiger partial charge in [-0.3, -0.25) is 4.55 Å². The summed E-state index contributed by atoms with van der Waals surface area (Å²) in [6, 6.07) is 0. The molecule has 0 aliphatic heterocycles. The Morgan fingerprint density at radius 2 is 1.15 bits per heavy atom. The van der Waals surface area contributed by atoms with Gasteiger partial charge in [0.2, 0.25) is 0 Å². The molecule has 0 heterocycles. The molecule has 1 aliphatic carbocycles. The summed E-state index contributed by atoms with van der Waals surface area (Å²) in [5.41, 5.74) is 0. The van der Waals surface area contributed by atoms with Gasteiger partial charge in [-0.2, -0.15) is 8.42 Å². The van der Waals surface area contributed by atoms with Gasteiger partial charge in [-0.15, -0.1) is 6.42 Å². The Kier molecular flexibility index (Phi) is 8.69. The zero-order valence-corrected chi connectivity index (χ0v) is 14.8. The Morgan fingerprint density at radius 3 is 1.56 bits per heavy atom. The lowest BCUT2D eigenvalue weighted by Gasteiger charge is -2.36. The SMILES string of the molecule is C#CC#CC#CC#CC#CC#CSC1C(F)C(F)C(S(=O)(=O)O)C(F)C1F. The summed E-state index contributed by atoms with van der Waals surface area (Å²) in [4.78, 5) is 0. The largest absolute Gasteiger partial charge is 0.285 e. The highest BCUT2D eigenvalue weighted by Gasteiger charge is 2.57. The summed E-state index contributed by atoms with van der Waals surface area (Å²) >= 11 is 0.228. The van der Waals surface area contributed by atoms with E-state index in [0.717, 1.165) is 0 Å². The first kappa shape index (κ1) is 22.4. The average molecular weight is 412 g/mol. The van der Waals surface area contributed by atoms with Crippen molar-refractivity contribution >= 4 is 21.9 Å². The highest BCUT2D eigenvalue weighted by atomic mass is 32.2. The van der Waals surface area contributed by atoms with Crippen LogP contribution in [0, 0.1) is 70.9 Å². The van der Waals surface area contributed by atoms with Crippen LogP contribution in [-0.4, -0.2) is 48.2 Å². The molecule has 0 saturated heterocycles. The van der Waals surface area contributed by atoms with Gasteiger partial charge in [-0.1, -0.05) is 11.8 Å². The number of hydrogen-bond acceptors (Lipinski definition) is 3. The van der Waals surface area contributed by atoms with Gasteiger partial charge in [0.05, 0.1) is 5.25 Å². The molecule has 27 heavy (non-hydrogen) atoms. The summed E-state index contributed by atoms with van der Waals surface area (Å²) in [5.74, 6) is 22.4. The average Bonchev–Trinajstić information content (AvgIpc) is 2.59. The summed E-state index contributed by atoms with van der Waals surface area (Å²) < 4.78 is 85.9. The number of terminal acetylenes is 1. The van der Waals surface area contributed by atoms with Crippen LogP contribution >= 0.6 is 11.8 Å². The van der Waals surface area contributed by atoms with Gasteiger partial charge in [0.1, 0.15) is 12.3 Å². The van der Waals surface area contributed by atoms with Crippen LogP contribution < -0.4 is 0 Å². The van der Waals surface area contributed by atoms with Crippen molar-refractivity contribution in [3.63, 3.8) is 0 Å². The van der Waals surface area contributed by atoms with E-state index in [2.05, 4.69) is 58.5 Å². The quantitative estimate of drug-likeness (QED) is 0.422. The van der Waals surface area contributed by atoms with Crippen molar-refractivity contribution < 1.29 is 30.5 Å². The minimum atomic E-state index is -5.30. The molecule has 1 rings (SSSR count). The van der Waals surface area contributed by atoms with Gasteiger partial charge in [0, 0.05) is 0 Å². The molecule has 0 amide bonds. The Hall–Kier alpha value is -2.66. The minimum Gasteiger partial charge on any atom is -0.285 e. The van der Waals surface area contributed by atoms with E-state index in [4.69, 9.17) is 11.0 Å².